The zero-order valence-corrected chi connectivity index (χ0v) is 13.2. The Bertz CT molecular complexity index is 646. The first kappa shape index (κ1) is 15.8. The molecule has 0 aromatic heterocycles. The fourth-order valence-corrected chi connectivity index (χ4v) is 3.30. The smallest absolute Gasteiger partial charge is 0.252 e. The van der Waals surface area contributed by atoms with E-state index in [2.05, 4.69) is 5.32 Å². The van der Waals surface area contributed by atoms with Gasteiger partial charge in [0.1, 0.15) is 0 Å². The van der Waals surface area contributed by atoms with Gasteiger partial charge in [-0.3, -0.25) is 4.79 Å². The molecule has 0 unspecified atom stereocenters. The Morgan fingerprint density at radius 2 is 1.61 bits per heavy atom. The van der Waals surface area contributed by atoms with Crippen molar-refractivity contribution in [2.75, 3.05) is 6.61 Å². The lowest BCUT2D eigenvalue weighted by Gasteiger charge is -2.28. The largest absolute Gasteiger partial charge is 0.396 e. The Hall–Kier alpha value is -2.13. The maximum Gasteiger partial charge on any atom is 0.252 e. The average molecular weight is 309 g/mol. The quantitative estimate of drug-likeness (QED) is 0.906. The summed E-state index contributed by atoms with van der Waals surface area (Å²) in [5.74, 6) is 0.400. The summed E-state index contributed by atoms with van der Waals surface area (Å²) < 4.78 is 0. The van der Waals surface area contributed by atoms with Crippen LogP contribution in [-0.4, -0.2) is 23.7 Å². The summed E-state index contributed by atoms with van der Waals surface area (Å²) >= 11 is 0. The van der Waals surface area contributed by atoms with E-state index in [1.165, 1.54) is 0 Å². The Labute approximate surface area is 137 Å². The summed E-state index contributed by atoms with van der Waals surface area (Å²) in [6.07, 6.45) is 3.87. The van der Waals surface area contributed by atoms with Gasteiger partial charge >= 0.3 is 0 Å². The van der Waals surface area contributed by atoms with Crippen LogP contribution in [-0.2, 0) is 0 Å². The van der Waals surface area contributed by atoms with Gasteiger partial charge in [0, 0.05) is 18.2 Å². The number of aliphatic hydroxyl groups is 1. The van der Waals surface area contributed by atoms with Crippen LogP contribution in [0.4, 0.5) is 0 Å². The van der Waals surface area contributed by atoms with Gasteiger partial charge in [-0.25, -0.2) is 0 Å². The van der Waals surface area contributed by atoms with Gasteiger partial charge in [-0.2, -0.15) is 0 Å². The van der Waals surface area contributed by atoms with Crippen LogP contribution >= 0.6 is 0 Å². The Kier molecular flexibility index (Phi) is 5.09. The van der Waals surface area contributed by atoms with Crippen LogP contribution in [0, 0.1) is 5.92 Å². The molecule has 0 heterocycles. The number of hydrogen-bond acceptors (Lipinski definition) is 2. The monoisotopic (exact) mass is 309 g/mol. The van der Waals surface area contributed by atoms with Crippen molar-refractivity contribution in [3.63, 3.8) is 0 Å². The van der Waals surface area contributed by atoms with Crippen molar-refractivity contribution in [2.45, 2.75) is 31.7 Å². The van der Waals surface area contributed by atoms with E-state index in [0.717, 1.165) is 42.4 Å². The minimum absolute atomic E-state index is 0.00287. The number of benzene rings is 2. The topological polar surface area (TPSA) is 49.3 Å². The lowest BCUT2D eigenvalue weighted by Crippen LogP contribution is -2.38. The zero-order chi connectivity index (χ0) is 16.1. The number of carbonyl (C=O) groups excluding carboxylic acids is 1. The lowest BCUT2D eigenvalue weighted by atomic mass is 9.86. The predicted molar refractivity (Wildman–Crippen MR) is 92.2 cm³/mol. The van der Waals surface area contributed by atoms with E-state index in [1.807, 2.05) is 54.6 Å². The van der Waals surface area contributed by atoms with Crippen LogP contribution in [0.2, 0.25) is 0 Å². The van der Waals surface area contributed by atoms with Crippen LogP contribution in [0.1, 0.15) is 36.0 Å². The number of hydrogen-bond donors (Lipinski definition) is 2. The molecule has 3 rings (SSSR count). The minimum Gasteiger partial charge on any atom is -0.396 e. The van der Waals surface area contributed by atoms with Crippen LogP contribution in [0.25, 0.3) is 11.1 Å². The first-order valence-corrected chi connectivity index (χ1v) is 8.34. The van der Waals surface area contributed by atoms with Crippen molar-refractivity contribution in [2.24, 2.45) is 5.92 Å². The van der Waals surface area contributed by atoms with Gasteiger partial charge in [0.15, 0.2) is 0 Å². The van der Waals surface area contributed by atoms with Crippen molar-refractivity contribution < 1.29 is 9.90 Å². The van der Waals surface area contributed by atoms with Crippen molar-refractivity contribution in [1.29, 1.82) is 0 Å². The molecular weight excluding hydrogens is 286 g/mol. The van der Waals surface area contributed by atoms with Gasteiger partial charge in [0.05, 0.1) is 0 Å². The number of amides is 1. The molecule has 0 saturated heterocycles. The summed E-state index contributed by atoms with van der Waals surface area (Å²) in [4.78, 5) is 12.7. The molecule has 3 nitrogen and oxygen atoms in total. The Morgan fingerprint density at radius 3 is 2.30 bits per heavy atom. The van der Waals surface area contributed by atoms with Crippen LogP contribution in [0.5, 0.6) is 0 Å². The Balaban J connectivity index is 1.73. The van der Waals surface area contributed by atoms with Crippen molar-refractivity contribution in [3.8, 4) is 11.1 Å². The summed E-state index contributed by atoms with van der Waals surface area (Å²) in [6.45, 7) is 0.261. The molecule has 0 atom stereocenters. The van der Waals surface area contributed by atoms with E-state index in [9.17, 15) is 9.90 Å². The molecule has 0 radical (unpaired) electrons. The number of nitrogens with one attached hydrogen (secondary N) is 1. The SMILES string of the molecule is O=C(NC1CCC(CO)CC1)c1ccccc1-c1ccccc1. The van der Waals surface area contributed by atoms with Crippen molar-refractivity contribution in [3.05, 3.63) is 60.2 Å². The van der Waals surface area contributed by atoms with E-state index in [4.69, 9.17) is 0 Å². The number of aliphatic hydroxyl groups excluding tert-OH is 1. The molecule has 3 heteroatoms. The molecular formula is C20H23NO2. The molecule has 1 aliphatic carbocycles. The van der Waals surface area contributed by atoms with Gasteiger partial charge < -0.3 is 10.4 Å². The molecule has 2 aromatic carbocycles. The molecule has 1 amide bonds. The highest BCUT2D eigenvalue weighted by Crippen LogP contribution is 2.26. The van der Waals surface area contributed by atoms with Gasteiger partial charge in [-0.15, -0.1) is 0 Å². The molecule has 1 aliphatic rings. The molecule has 0 aliphatic heterocycles. The van der Waals surface area contributed by atoms with E-state index >= 15 is 0 Å². The molecule has 2 N–H and O–H groups in total. The molecule has 0 bridgehead atoms. The van der Waals surface area contributed by atoms with E-state index in [-0.39, 0.29) is 18.6 Å². The first-order valence-electron chi connectivity index (χ1n) is 8.34. The summed E-state index contributed by atoms with van der Waals surface area (Å²) in [6, 6.07) is 18.0. The van der Waals surface area contributed by atoms with E-state index < -0.39 is 0 Å². The maximum absolute atomic E-state index is 12.7. The second-order valence-corrected chi connectivity index (χ2v) is 6.29. The first-order chi connectivity index (χ1) is 11.3. The van der Waals surface area contributed by atoms with Crippen LogP contribution in [0.15, 0.2) is 54.6 Å². The third-order valence-electron chi connectivity index (χ3n) is 4.70. The van der Waals surface area contributed by atoms with Gasteiger partial charge in [0.25, 0.3) is 5.91 Å². The third kappa shape index (κ3) is 3.80. The fraction of sp³-hybridized carbons (Fsp3) is 0.350. The van der Waals surface area contributed by atoms with E-state index in [0.29, 0.717) is 5.92 Å². The van der Waals surface area contributed by atoms with Crippen molar-refractivity contribution >= 4 is 5.91 Å². The molecule has 23 heavy (non-hydrogen) atoms. The third-order valence-corrected chi connectivity index (χ3v) is 4.70. The van der Waals surface area contributed by atoms with E-state index in [1.54, 1.807) is 0 Å². The van der Waals surface area contributed by atoms with Gasteiger partial charge in [0.2, 0.25) is 0 Å². The minimum atomic E-state index is -0.00287. The summed E-state index contributed by atoms with van der Waals surface area (Å²) in [7, 11) is 0. The van der Waals surface area contributed by atoms with Crippen LogP contribution < -0.4 is 5.32 Å². The predicted octanol–water partition coefficient (Wildman–Crippen LogP) is 3.63. The molecule has 1 saturated carbocycles. The number of rotatable bonds is 4. The van der Waals surface area contributed by atoms with Crippen molar-refractivity contribution in [1.82, 2.24) is 5.32 Å². The standard InChI is InChI=1S/C20H23NO2/c22-14-15-10-12-17(13-11-15)21-20(23)19-9-5-4-8-18(19)16-6-2-1-3-7-16/h1-9,15,17,22H,10-14H2,(H,21,23). The second kappa shape index (κ2) is 7.42. The molecule has 2 aromatic rings. The average Bonchev–Trinajstić information content (AvgIpc) is 2.63. The highest BCUT2D eigenvalue weighted by molar-refractivity contribution is 6.01. The molecule has 0 spiro atoms. The highest BCUT2D eigenvalue weighted by atomic mass is 16.3. The number of carbonyl (C=O) groups is 1. The highest BCUT2D eigenvalue weighted by Gasteiger charge is 2.23. The summed E-state index contributed by atoms with van der Waals surface area (Å²) in [5.41, 5.74) is 2.75. The fourth-order valence-electron chi connectivity index (χ4n) is 3.30. The molecule has 1 fully saturated rings. The van der Waals surface area contributed by atoms with Gasteiger partial charge in [-0.05, 0) is 48.8 Å². The second-order valence-electron chi connectivity index (χ2n) is 6.29. The van der Waals surface area contributed by atoms with Gasteiger partial charge in [-0.1, -0.05) is 48.5 Å². The maximum atomic E-state index is 12.7. The lowest BCUT2D eigenvalue weighted by molar-refractivity contribution is 0.0914. The normalized spacial score (nSPS) is 20.9. The zero-order valence-electron chi connectivity index (χ0n) is 13.2. The summed E-state index contributed by atoms with van der Waals surface area (Å²) in [5, 5.41) is 12.4. The Morgan fingerprint density at radius 1 is 0.957 bits per heavy atom. The molecule has 120 valence electrons. The van der Waals surface area contributed by atoms with Crippen LogP contribution in [0.3, 0.4) is 0 Å².